The third kappa shape index (κ3) is 5.96. The van der Waals surface area contributed by atoms with E-state index in [4.69, 9.17) is 16.3 Å². The van der Waals surface area contributed by atoms with E-state index in [0.717, 1.165) is 12.8 Å². The number of hydrogen-bond donors (Lipinski definition) is 3. The number of halogens is 1. The topological polar surface area (TPSA) is 70.6 Å². The minimum atomic E-state index is -0.617. The Balaban J connectivity index is 1.85. The molecule has 0 aromatic heterocycles. The SMILES string of the molecule is CC(C)NCC(O)COc1ccc(C(=O)NC2CCCC2)cc1Cl. The molecule has 1 aliphatic carbocycles. The molecular weight excluding hydrogens is 328 g/mol. The van der Waals surface area contributed by atoms with Crippen LogP contribution in [0.3, 0.4) is 0 Å². The van der Waals surface area contributed by atoms with E-state index in [1.54, 1.807) is 18.2 Å². The fourth-order valence-electron chi connectivity index (χ4n) is 2.71. The second-order valence-corrected chi connectivity index (χ2v) is 7.04. The number of aliphatic hydroxyl groups is 1. The Bertz CT molecular complexity index is 545. The minimum Gasteiger partial charge on any atom is -0.489 e. The Kier molecular flexibility index (Phi) is 7.34. The molecule has 3 N–H and O–H groups in total. The summed E-state index contributed by atoms with van der Waals surface area (Å²) < 4.78 is 5.55. The lowest BCUT2D eigenvalue weighted by Crippen LogP contribution is -2.35. The van der Waals surface area contributed by atoms with Gasteiger partial charge in [0.2, 0.25) is 0 Å². The van der Waals surface area contributed by atoms with Crippen LogP contribution < -0.4 is 15.4 Å². The molecule has 0 bridgehead atoms. The van der Waals surface area contributed by atoms with Crippen LogP contribution >= 0.6 is 11.6 Å². The van der Waals surface area contributed by atoms with Gasteiger partial charge in [0.1, 0.15) is 18.5 Å². The zero-order chi connectivity index (χ0) is 17.5. The molecule has 1 saturated carbocycles. The second-order valence-electron chi connectivity index (χ2n) is 6.63. The highest BCUT2D eigenvalue weighted by Gasteiger charge is 2.18. The van der Waals surface area contributed by atoms with Crippen LogP contribution in [0.1, 0.15) is 49.9 Å². The van der Waals surface area contributed by atoms with E-state index in [0.29, 0.717) is 28.9 Å². The highest BCUT2D eigenvalue weighted by Crippen LogP contribution is 2.26. The van der Waals surface area contributed by atoms with Crippen molar-refractivity contribution in [1.82, 2.24) is 10.6 Å². The van der Waals surface area contributed by atoms with E-state index in [1.165, 1.54) is 12.8 Å². The van der Waals surface area contributed by atoms with Gasteiger partial charge in [-0.2, -0.15) is 0 Å². The minimum absolute atomic E-state index is 0.100. The van der Waals surface area contributed by atoms with Crippen molar-refractivity contribution in [3.63, 3.8) is 0 Å². The number of ether oxygens (including phenoxy) is 1. The number of carbonyl (C=O) groups is 1. The van der Waals surface area contributed by atoms with Gasteiger partial charge < -0.3 is 20.5 Å². The highest BCUT2D eigenvalue weighted by molar-refractivity contribution is 6.32. The maximum absolute atomic E-state index is 12.2. The fourth-order valence-corrected chi connectivity index (χ4v) is 2.95. The molecular formula is C18H27ClN2O3. The lowest BCUT2D eigenvalue weighted by atomic mass is 10.1. The molecule has 1 amide bonds. The third-order valence-electron chi connectivity index (χ3n) is 4.08. The Morgan fingerprint density at radius 1 is 1.38 bits per heavy atom. The molecule has 1 aliphatic rings. The van der Waals surface area contributed by atoms with Crippen molar-refractivity contribution in [3.05, 3.63) is 28.8 Å². The van der Waals surface area contributed by atoms with E-state index in [9.17, 15) is 9.90 Å². The van der Waals surface area contributed by atoms with Gasteiger partial charge in [0, 0.05) is 24.2 Å². The van der Waals surface area contributed by atoms with Crippen LogP contribution in [0.4, 0.5) is 0 Å². The molecule has 1 atom stereocenters. The molecule has 134 valence electrons. The molecule has 1 aromatic rings. The van der Waals surface area contributed by atoms with Crippen LogP contribution in [-0.2, 0) is 0 Å². The van der Waals surface area contributed by atoms with Gasteiger partial charge in [0.25, 0.3) is 5.91 Å². The first-order chi connectivity index (χ1) is 11.5. The van der Waals surface area contributed by atoms with Crippen LogP contribution in [0.25, 0.3) is 0 Å². The standard InChI is InChI=1S/C18H27ClN2O3/c1-12(2)20-10-15(22)11-24-17-8-7-13(9-16(17)19)18(23)21-14-5-3-4-6-14/h7-9,12,14-15,20,22H,3-6,10-11H2,1-2H3,(H,21,23). The lowest BCUT2D eigenvalue weighted by molar-refractivity contribution is 0.0937. The van der Waals surface area contributed by atoms with Crippen molar-refractivity contribution in [3.8, 4) is 5.75 Å². The summed E-state index contributed by atoms with van der Waals surface area (Å²) in [5, 5.41) is 16.4. The number of hydrogen-bond acceptors (Lipinski definition) is 4. The molecule has 2 rings (SSSR count). The summed E-state index contributed by atoms with van der Waals surface area (Å²) in [6.45, 7) is 4.63. The van der Waals surface area contributed by atoms with Gasteiger partial charge in [-0.1, -0.05) is 38.3 Å². The highest BCUT2D eigenvalue weighted by atomic mass is 35.5. The van der Waals surface area contributed by atoms with E-state index in [1.807, 2.05) is 13.8 Å². The van der Waals surface area contributed by atoms with Crippen molar-refractivity contribution < 1.29 is 14.6 Å². The molecule has 5 nitrogen and oxygen atoms in total. The summed E-state index contributed by atoms with van der Waals surface area (Å²) >= 11 is 6.20. The second kappa shape index (κ2) is 9.25. The van der Waals surface area contributed by atoms with Gasteiger partial charge in [0.05, 0.1) is 5.02 Å². The van der Waals surface area contributed by atoms with Crippen molar-refractivity contribution >= 4 is 17.5 Å². The number of carbonyl (C=O) groups excluding carboxylic acids is 1. The molecule has 1 fully saturated rings. The van der Waals surface area contributed by atoms with E-state index < -0.39 is 6.10 Å². The summed E-state index contributed by atoms with van der Waals surface area (Å²) in [6.07, 6.45) is 3.82. The Labute approximate surface area is 148 Å². The smallest absolute Gasteiger partial charge is 0.251 e. The van der Waals surface area contributed by atoms with E-state index in [2.05, 4.69) is 10.6 Å². The van der Waals surface area contributed by atoms with Crippen molar-refractivity contribution in [2.24, 2.45) is 0 Å². The van der Waals surface area contributed by atoms with Crippen molar-refractivity contribution in [2.45, 2.75) is 57.7 Å². The Hall–Kier alpha value is -1.30. The summed E-state index contributed by atoms with van der Waals surface area (Å²) in [4.78, 5) is 12.2. The lowest BCUT2D eigenvalue weighted by Gasteiger charge is -2.16. The van der Waals surface area contributed by atoms with Crippen LogP contribution in [0.2, 0.25) is 5.02 Å². The summed E-state index contributed by atoms with van der Waals surface area (Å²) in [7, 11) is 0. The average Bonchev–Trinajstić information content (AvgIpc) is 3.04. The van der Waals surface area contributed by atoms with Gasteiger partial charge in [-0.15, -0.1) is 0 Å². The van der Waals surface area contributed by atoms with Gasteiger partial charge >= 0.3 is 0 Å². The van der Waals surface area contributed by atoms with E-state index in [-0.39, 0.29) is 18.6 Å². The molecule has 1 aromatic carbocycles. The van der Waals surface area contributed by atoms with Crippen LogP contribution in [0, 0.1) is 0 Å². The van der Waals surface area contributed by atoms with Crippen molar-refractivity contribution in [2.75, 3.05) is 13.2 Å². The van der Waals surface area contributed by atoms with E-state index >= 15 is 0 Å². The van der Waals surface area contributed by atoms with Gasteiger partial charge in [-0.05, 0) is 31.0 Å². The number of aliphatic hydroxyl groups excluding tert-OH is 1. The zero-order valence-electron chi connectivity index (χ0n) is 14.3. The molecule has 0 radical (unpaired) electrons. The average molecular weight is 355 g/mol. The Morgan fingerprint density at radius 3 is 2.71 bits per heavy atom. The molecule has 6 heteroatoms. The summed E-state index contributed by atoms with van der Waals surface area (Å²) in [5.41, 5.74) is 0.529. The number of benzene rings is 1. The first-order valence-corrected chi connectivity index (χ1v) is 8.98. The molecule has 24 heavy (non-hydrogen) atoms. The van der Waals surface area contributed by atoms with Crippen molar-refractivity contribution in [1.29, 1.82) is 0 Å². The molecule has 1 unspecified atom stereocenters. The number of rotatable bonds is 8. The monoisotopic (exact) mass is 354 g/mol. The first kappa shape index (κ1) is 19.0. The van der Waals surface area contributed by atoms with Gasteiger partial charge in [0.15, 0.2) is 0 Å². The number of nitrogens with one attached hydrogen (secondary N) is 2. The van der Waals surface area contributed by atoms with Gasteiger partial charge in [-0.3, -0.25) is 4.79 Å². The normalized spacial score (nSPS) is 16.4. The molecule has 0 spiro atoms. The molecule has 0 heterocycles. The number of amides is 1. The van der Waals surface area contributed by atoms with Gasteiger partial charge in [-0.25, -0.2) is 0 Å². The summed E-state index contributed by atoms with van der Waals surface area (Å²) in [5.74, 6) is 0.370. The molecule has 0 saturated heterocycles. The van der Waals surface area contributed by atoms with Crippen LogP contribution in [0.5, 0.6) is 5.75 Å². The fraction of sp³-hybridized carbons (Fsp3) is 0.611. The zero-order valence-corrected chi connectivity index (χ0v) is 15.1. The Morgan fingerprint density at radius 2 is 2.08 bits per heavy atom. The quantitative estimate of drug-likeness (QED) is 0.671. The maximum Gasteiger partial charge on any atom is 0.251 e. The third-order valence-corrected chi connectivity index (χ3v) is 4.37. The predicted octanol–water partition coefficient (Wildman–Crippen LogP) is 2.75. The maximum atomic E-state index is 12.2. The van der Waals surface area contributed by atoms with Crippen LogP contribution in [0.15, 0.2) is 18.2 Å². The molecule has 0 aliphatic heterocycles. The summed E-state index contributed by atoms with van der Waals surface area (Å²) in [6, 6.07) is 5.57. The van der Waals surface area contributed by atoms with Crippen LogP contribution in [-0.4, -0.2) is 42.4 Å². The predicted molar refractivity (Wildman–Crippen MR) is 95.8 cm³/mol. The largest absolute Gasteiger partial charge is 0.489 e. The first-order valence-electron chi connectivity index (χ1n) is 8.60.